The van der Waals surface area contributed by atoms with Crippen LogP contribution in [0.3, 0.4) is 0 Å². The summed E-state index contributed by atoms with van der Waals surface area (Å²) in [4.78, 5) is 14.5. The van der Waals surface area contributed by atoms with Crippen molar-refractivity contribution in [2.45, 2.75) is 38.0 Å². The molecule has 0 aromatic heterocycles. The third-order valence-corrected chi connectivity index (χ3v) is 4.85. The van der Waals surface area contributed by atoms with Crippen molar-refractivity contribution in [3.63, 3.8) is 0 Å². The van der Waals surface area contributed by atoms with E-state index in [0.29, 0.717) is 19.7 Å². The van der Waals surface area contributed by atoms with E-state index in [1.54, 1.807) is 7.11 Å². The second-order valence-corrected chi connectivity index (χ2v) is 6.57. The van der Waals surface area contributed by atoms with Crippen molar-refractivity contribution < 1.29 is 14.3 Å². The zero-order valence-electron chi connectivity index (χ0n) is 13.8. The standard InChI is InChI=1S/C18H26N2O3/c1-22-13-16-6-3-2-5-15(16)11-19-17(21)12-20-9-10-23-18(14-20)7-4-8-18/h2-3,5-6H,4,7-14H2,1H3,(H,19,21). The maximum atomic E-state index is 12.2. The van der Waals surface area contributed by atoms with Gasteiger partial charge >= 0.3 is 0 Å². The molecule has 1 saturated carbocycles. The smallest absolute Gasteiger partial charge is 0.234 e. The topological polar surface area (TPSA) is 50.8 Å². The molecule has 0 unspecified atom stereocenters. The van der Waals surface area contributed by atoms with E-state index in [4.69, 9.17) is 9.47 Å². The largest absolute Gasteiger partial charge is 0.380 e. The molecule has 1 N–H and O–H groups in total. The van der Waals surface area contributed by atoms with E-state index >= 15 is 0 Å². The van der Waals surface area contributed by atoms with E-state index in [2.05, 4.69) is 10.2 Å². The minimum absolute atomic E-state index is 0.0452. The molecule has 5 heteroatoms. The summed E-state index contributed by atoms with van der Waals surface area (Å²) < 4.78 is 11.1. The minimum Gasteiger partial charge on any atom is -0.380 e. The molecule has 1 aromatic carbocycles. The Balaban J connectivity index is 1.48. The van der Waals surface area contributed by atoms with Crippen molar-refractivity contribution in [3.05, 3.63) is 35.4 Å². The molecule has 126 valence electrons. The monoisotopic (exact) mass is 318 g/mol. The van der Waals surface area contributed by atoms with E-state index in [9.17, 15) is 4.79 Å². The Bertz CT molecular complexity index is 543. The number of carbonyl (C=O) groups excluding carboxylic acids is 1. The van der Waals surface area contributed by atoms with Gasteiger partial charge in [0.25, 0.3) is 0 Å². The van der Waals surface area contributed by atoms with Crippen molar-refractivity contribution in [1.82, 2.24) is 10.2 Å². The third-order valence-electron chi connectivity index (χ3n) is 4.85. The molecule has 1 heterocycles. The van der Waals surface area contributed by atoms with Crippen molar-refractivity contribution in [2.24, 2.45) is 0 Å². The Morgan fingerprint density at radius 3 is 2.83 bits per heavy atom. The van der Waals surface area contributed by atoms with Crippen molar-refractivity contribution >= 4 is 5.91 Å². The van der Waals surface area contributed by atoms with Gasteiger partial charge in [-0.05, 0) is 30.4 Å². The van der Waals surface area contributed by atoms with Gasteiger partial charge in [-0.25, -0.2) is 0 Å². The van der Waals surface area contributed by atoms with Gasteiger partial charge in [-0.15, -0.1) is 0 Å². The second-order valence-electron chi connectivity index (χ2n) is 6.57. The molecule has 2 aliphatic rings. The highest BCUT2D eigenvalue weighted by Crippen LogP contribution is 2.37. The lowest BCUT2D eigenvalue weighted by molar-refractivity contribution is -0.154. The van der Waals surface area contributed by atoms with Crippen LogP contribution in [0.5, 0.6) is 0 Å². The first-order chi connectivity index (χ1) is 11.2. The molecule has 0 radical (unpaired) electrons. The van der Waals surface area contributed by atoms with Crippen LogP contribution in [-0.2, 0) is 27.4 Å². The zero-order chi connectivity index (χ0) is 16.1. The lowest BCUT2D eigenvalue weighted by atomic mass is 9.79. The first-order valence-corrected chi connectivity index (χ1v) is 8.39. The molecular formula is C18H26N2O3. The molecule has 5 nitrogen and oxygen atoms in total. The molecule has 1 spiro atoms. The molecule has 0 atom stereocenters. The predicted octanol–water partition coefficient (Wildman–Crippen LogP) is 1.70. The highest BCUT2D eigenvalue weighted by Gasteiger charge is 2.42. The van der Waals surface area contributed by atoms with Gasteiger partial charge in [0.1, 0.15) is 0 Å². The molecule has 1 amide bonds. The summed E-state index contributed by atoms with van der Waals surface area (Å²) in [6.45, 7) is 4.05. The Morgan fingerprint density at radius 1 is 1.35 bits per heavy atom. The van der Waals surface area contributed by atoms with Gasteiger partial charge in [0.05, 0.1) is 25.4 Å². The first kappa shape index (κ1) is 16.4. The van der Waals surface area contributed by atoms with Crippen LogP contribution in [-0.4, -0.2) is 49.8 Å². The van der Waals surface area contributed by atoms with Gasteiger partial charge < -0.3 is 14.8 Å². The Kier molecular flexibility index (Phi) is 5.30. The van der Waals surface area contributed by atoms with Crippen LogP contribution in [0.2, 0.25) is 0 Å². The van der Waals surface area contributed by atoms with Crippen LogP contribution in [0.1, 0.15) is 30.4 Å². The maximum absolute atomic E-state index is 12.2. The van der Waals surface area contributed by atoms with Crippen LogP contribution in [0.15, 0.2) is 24.3 Å². The van der Waals surface area contributed by atoms with Gasteiger partial charge in [0.2, 0.25) is 5.91 Å². The number of nitrogens with zero attached hydrogens (tertiary/aromatic N) is 1. The SMILES string of the molecule is COCc1ccccc1CNC(=O)CN1CCOC2(CCC2)C1. The van der Waals surface area contributed by atoms with Crippen LogP contribution >= 0.6 is 0 Å². The number of rotatable bonds is 6. The first-order valence-electron chi connectivity index (χ1n) is 8.39. The molecule has 3 rings (SSSR count). The lowest BCUT2D eigenvalue weighted by Gasteiger charge is -2.48. The number of hydrogen-bond acceptors (Lipinski definition) is 4. The molecule has 2 fully saturated rings. The number of morpholine rings is 1. The van der Waals surface area contributed by atoms with E-state index in [0.717, 1.165) is 43.7 Å². The van der Waals surface area contributed by atoms with Gasteiger partial charge in [-0.3, -0.25) is 9.69 Å². The number of methoxy groups -OCH3 is 1. The van der Waals surface area contributed by atoms with Crippen LogP contribution in [0.4, 0.5) is 0 Å². The highest BCUT2D eigenvalue weighted by molar-refractivity contribution is 5.78. The number of amides is 1. The van der Waals surface area contributed by atoms with Crippen molar-refractivity contribution in [1.29, 1.82) is 0 Å². The Morgan fingerprint density at radius 2 is 2.13 bits per heavy atom. The molecule has 1 saturated heterocycles. The quantitative estimate of drug-likeness (QED) is 0.867. The molecule has 1 aromatic rings. The van der Waals surface area contributed by atoms with Gasteiger partial charge in [0, 0.05) is 26.7 Å². The normalized spacial score (nSPS) is 20.2. The average Bonchev–Trinajstić information content (AvgIpc) is 2.53. The molecule has 23 heavy (non-hydrogen) atoms. The summed E-state index contributed by atoms with van der Waals surface area (Å²) in [6, 6.07) is 8.05. The molecule has 0 bridgehead atoms. The maximum Gasteiger partial charge on any atom is 0.234 e. The fraction of sp³-hybridized carbons (Fsp3) is 0.611. The average molecular weight is 318 g/mol. The molecule has 1 aliphatic carbocycles. The lowest BCUT2D eigenvalue weighted by Crippen LogP contribution is -2.57. The number of ether oxygens (including phenoxy) is 2. The number of benzene rings is 1. The summed E-state index contributed by atoms with van der Waals surface area (Å²) in [6.07, 6.45) is 3.52. The van der Waals surface area contributed by atoms with Crippen molar-refractivity contribution in [2.75, 3.05) is 33.4 Å². The Hall–Kier alpha value is -1.43. The number of carbonyl (C=O) groups is 1. The van der Waals surface area contributed by atoms with E-state index in [-0.39, 0.29) is 11.5 Å². The van der Waals surface area contributed by atoms with Gasteiger partial charge in [0.15, 0.2) is 0 Å². The summed E-state index contributed by atoms with van der Waals surface area (Å²) in [7, 11) is 1.68. The van der Waals surface area contributed by atoms with E-state index in [1.165, 1.54) is 6.42 Å². The summed E-state index contributed by atoms with van der Waals surface area (Å²) >= 11 is 0. The number of nitrogens with one attached hydrogen (secondary N) is 1. The fourth-order valence-electron chi connectivity index (χ4n) is 3.41. The summed E-state index contributed by atoms with van der Waals surface area (Å²) in [5, 5.41) is 3.03. The van der Waals surface area contributed by atoms with E-state index < -0.39 is 0 Å². The van der Waals surface area contributed by atoms with Crippen LogP contribution in [0.25, 0.3) is 0 Å². The Labute approximate surface area is 137 Å². The van der Waals surface area contributed by atoms with Crippen molar-refractivity contribution in [3.8, 4) is 0 Å². The minimum atomic E-state index is 0.0452. The van der Waals surface area contributed by atoms with Gasteiger partial charge in [-0.1, -0.05) is 24.3 Å². The van der Waals surface area contributed by atoms with Crippen LogP contribution in [0, 0.1) is 0 Å². The summed E-state index contributed by atoms with van der Waals surface area (Å²) in [5.74, 6) is 0.0774. The molecule has 1 aliphatic heterocycles. The predicted molar refractivity (Wildman–Crippen MR) is 88.0 cm³/mol. The zero-order valence-corrected chi connectivity index (χ0v) is 13.8. The number of hydrogen-bond donors (Lipinski definition) is 1. The van der Waals surface area contributed by atoms with E-state index in [1.807, 2.05) is 24.3 Å². The fourth-order valence-corrected chi connectivity index (χ4v) is 3.41. The highest BCUT2D eigenvalue weighted by atomic mass is 16.5. The van der Waals surface area contributed by atoms with Crippen LogP contribution < -0.4 is 5.32 Å². The second kappa shape index (κ2) is 7.43. The summed E-state index contributed by atoms with van der Waals surface area (Å²) in [5.41, 5.74) is 2.28. The third kappa shape index (κ3) is 4.10. The molecular weight excluding hydrogens is 292 g/mol. The van der Waals surface area contributed by atoms with Gasteiger partial charge in [-0.2, -0.15) is 0 Å².